The molecule has 4 heteroatoms. The van der Waals surface area contributed by atoms with Gasteiger partial charge in [0.1, 0.15) is 5.52 Å². The molecule has 4 nitrogen and oxygen atoms in total. The minimum absolute atomic E-state index is 0.622. The smallest absolute Gasteiger partial charge is 0.227 e. The second-order valence-corrected chi connectivity index (χ2v) is 12.8. The van der Waals surface area contributed by atoms with Crippen LogP contribution in [0.25, 0.3) is 71.9 Å². The van der Waals surface area contributed by atoms with Crippen molar-refractivity contribution in [2.75, 3.05) is 4.90 Å². The maximum absolute atomic E-state index is 6.28. The van der Waals surface area contributed by atoms with Gasteiger partial charge in [-0.05, 0) is 90.0 Å². The third-order valence-electron chi connectivity index (χ3n) is 9.81. The van der Waals surface area contributed by atoms with Crippen LogP contribution in [0.5, 0.6) is 0 Å². The van der Waals surface area contributed by atoms with Crippen molar-refractivity contribution in [3.8, 4) is 28.3 Å². The number of nitrogens with zero attached hydrogens (tertiary/aromatic N) is 3. The van der Waals surface area contributed by atoms with E-state index in [9.17, 15) is 0 Å². The molecule has 0 radical (unpaired) electrons. The number of hydrogen-bond donors (Lipinski definition) is 0. The highest BCUT2D eigenvalue weighted by molar-refractivity contribution is 6.11. The second-order valence-electron chi connectivity index (χ2n) is 12.8. The largest absolute Gasteiger partial charge is 0.436 e. The minimum Gasteiger partial charge on any atom is -0.436 e. The molecule has 0 aliphatic carbocycles. The average molecular weight is 654 g/mol. The van der Waals surface area contributed by atoms with Crippen LogP contribution >= 0.6 is 0 Å². The van der Waals surface area contributed by atoms with Gasteiger partial charge in [-0.2, -0.15) is 0 Å². The first-order valence-corrected chi connectivity index (χ1v) is 17.2. The molecule has 8 aromatic carbocycles. The van der Waals surface area contributed by atoms with Crippen LogP contribution in [-0.2, 0) is 0 Å². The van der Waals surface area contributed by atoms with Crippen LogP contribution in [0.1, 0.15) is 0 Å². The van der Waals surface area contributed by atoms with E-state index in [0.29, 0.717) is 5.89 Å². The van der Waals surface area contributed by atoms with Crippen molar-refractivity contribution < 1.29 is 4.42 Å². The Hall–Kier alpha value is -6.91. The Balaban J connectivity index is 1.16. The number of hydrogen-bond acceptors (Lipinski definition) is 3. The van der Waals surface area contributed by atoms with Gasteiger partial charge < -0.3 is 13.9 Å². The van der Waals surface area contributed by atoms with Crippen molar-refractivity contribution in [1.82, 2.24) is 9.55 Å². The molecule has 0 aliphatic heterocycles. The van der Waals surface area contributed by atoms with Crippen molar-refractivity contribution in [3.05, 3.63) is 188 Å². The molecule has 10 aromatic rings. The summed E-state index contributed by atoms with van der Waals surface area (Å²) >= 11 is 0. The molecule has 0 bridgehead atoms. The zero-order valence-corrected chi connectivity index (χ0v) is 27.6. The van der Waals surface area contributed by atoms with Crippen molar-refractivity contribution in [2.24, 2.45) is 0 Å². The first-order chi connectivity index (χ1) is 25.3. The standard InChI is InChI=1S/C47H31N3O/c1-3-13-32(14-4-1)34-17-11-18-37(31-34)49(35-25-27-36(28-26-35)50-43-22-9-7-19-38(43)39-20-8-10-23-44(39)50)42-24-12-21-41-40(42)29-30-45-46(41)48-47(51-45)33-15-5-2-6-16-33/h1-31H. The van der Waals surface area contributed by atoms with E-state index in [1.54, 1.807) is 0 Å². The summed E-state index contributed by atoms with van der Waals surface area (Å²) in [5.41, 5.74) is 11.6. The van der Waals surface area contributed by atoms with Gasteiger partial charge in [0.05, 0.1) is 16.7 Å². The highest BCUT2D eigenvalue weighted by Gasteiger charge is 2.20. The van der Waals surface area contributed by atoms with Crippen molar-refractivity contribution in [2.45, 2.75) is 0 Å². The molecule has 2 aromatic heterocycles. The Labute approximate surface area is 295 Å². The molecule has 240 valence electrons. The Morgan fingerprint density at radius 3 is 1.76 bits per heavy atom. The van der Waals surface area contributed by atoms with Crippen LogP contribution in [0, 0.1) is 0 Å². The summed E-state index contributed by atoms with van der Waals surface area (Å²) in [6, 6.07) is 66.3. The van der Waals surface area contributed by atoms with Crippen LogP contribution in [-0.4, -0.2) is 9.55 Å². The van der Waals surface area contributed by atoms with Crippen LogP contribution in [0.2, 0.25) is 0 Å². The molecule has 51 heavy (non-hydrogen) atoms. The van der Waals surface area contributed by atoms with Gasteiger partial charge in [-0.25, -0.2) is 4.98 Å². The fourth-order valence-corrected chi connectivity index (χ4v) is 7.46. The van der Waals surface area contributed by atoms with E-state index in [2.05, 4.69) is 161 Å². The van der Waals surface area contributed by atoms with Crippen molar-refractivity contribution in [3.63, 3.8) is 0 Å². The summed E-state index contributed by atoms with van der Waals surface area (Å²) in [6.45, 7) is 0. The van der Waals surface area contributed by atoms with Gasteiger partial charge in [0.25, 0.3) is 0 Å². The summed E-state index contributed by atoms with van der Waals surface area (Å²) in [5, 5.41) is 4.64. The van der Waals surface area contributed by atoms with Gasteiger partial charge in [-0.15, -0.1) is 0 Å². The molecule has 10 rings (SSSR count). The number of para-hydroxylation sites is 2. The third-order valence-corrected chi connectivity index (χ3v) is 9.81. The monoisotopic (exact) mass is 653 g/mol. The van der Waals surface area contributed by atoms with Gasteiger partial charge in [0.2, 0.25) is 5.89 Å². The second kappa shape index (κ2) is 11.9. The predicted octanol–water partition coefficient (Wildman–Crippen LogP) is 12.9. The summed E-state index contributed by atoms with van der Waals surface area (Å²) in [7, 11) is 0. The van der Waals surface area contributed by atoms with Crippen LogP contribution in [0.4, 0.5) is 17.1 Å². The lowest BCUT2D eigenvalue weighted by Crippen LogP contribution is -2.11. The molecule has 0 aliphatic rings. The summed E-state index contributed by atoms with van der Waals surface area (Å²) in [5.74, 6) is 0.622. The van der Waals surface area contributed by atoms with Gasteiger partial charge in [0, 0.05) is 44.2 Å². The normalized spacial score (nSPS) is 11.5. The Morgan fingerprint density at radius 2 is 1.04 bits per heavy atom. The maximum Gasteiger partial charge on any atom is 0.227 e. The molecule has 0 fully saturated rings. The molecule has 0 amide bonds. The van der Waals surface area contributed by atoms with Crippen LogP contribution < -0.4 is 4.90 Å². The summed E-state index contributed by atoms with van der Waals surface area (Å²) in [6.07, 6.45) is 0. The Kier molecular flexibility index (Phi) is 6.78. The first kappa shape index (κ1) is 29.0. The number of aromatic nitrogens is 2. The molecule has 0 saturated heterocycles. The molecule has 0 unspecified atom stereocenters. The molecular weight excluding hydrogens is 623 g/mol. The lowest BCUT2D eigenvalue weighted by molar-refractivity contribution is 0.620. The van der Waals surface area contributed by atoms with Gasteiger partial charge >= 0.3 is 0 Å². The SMILES string of the molecule is c1ccc(-c2cccc(N(c3ccc(-n4c5ccccc5c5ccccc54)cc3)c3cccc4c3ccc3oc(-c5ccccc5)nc34)c2)cc1. The molecule has 0 atom stereocenters. The lowest BCUT2D eigenvalue weighted by atomic mass is 10.0. The number of rotatable bonds is 6. The quantitative estimate of drug-likeness (QED) is 0.179. The summed E-state index contributed by atoms with van der Waals surface area (Å²) < 4.78 is 8.64. The van der Waals surface area contributed by atoms with E-state index in [4.69, 9.17) is 9.40 Å². The van der Waals surface area contributed by atoms with E-state index in [-0.39, 0.29) is 0 Å². The number of benzene rings is 8. The van der Waals surface area contributed by atoms with E-state index >= 15 is 0 Å². The highest BCUT2D eigenvalue weighted by Crippen LogP contribution is 2.42. The number of oxazole rings is 1. The molecule has 0 saturated carbocycles. The molecular formula is C47H31N3O. The third kappa shape index (κ3) is 4.88. The van der Waals surface area contributed by atoms with Crippen molar-refractivity contribution in [1.29, 1.82) is 0 Å². The van der Waals surface area contributed by atoms with Gasteiger partial charge in [0.15, 0.2) is 5.58 Å². The summed E-state index contributed by atoms with van der Waals surface area (Å²) in [4.78, 5) is 7.37. The van der Waals surface area contributed by atoms with E-state index in [1.165, 1.54) is 27.4 Å². The van der Waals surface area contributed by atoms with Crippen LogP contribution in [0.3, 0.4) is 0 Å². The van der Waals surface area contributed by atoms with Crippen LogP contribution in [0.15, 0.2) is 192 Å². The van der Waals surface area contributed by atoms with E-state index in [0.717, 1.165) is 55.7 Å². The van der Waals surface area contributed by atoms with E-state index in [1.807, 2.05) is 36.4 Å². The van der Waals surface area contributed by atoms with Gasteiger partial charge in [-0.1, -0.05) is 109 Å². The van der Waals surface area contributed by atoms with Crippen molar-refractivity contribution >= 4 is 60.7 Å². The fourth-order valence-electron chi connectivity index (χ4n) is 7.46. The van der Waals surface area contributed by atoms with Gasteiger partial charge in [-0.3, -0.25) is 0 Å². The lowest BCUT2D eigenvalue weighted by Gasteiger charge is -2.27. The zero-order valence-electron chi connectivity index (χ0n) is 27.6. The fraction of sp³-hybridized carbons (Fsp3) is 0. The predicted molar refractivity (Wildman–Crippen MR) is 211 cm³/mol. The Morgan fingerprint density at radius 1 is 0.431 bits per heavy atom. The highest BCUT2D eigenvalue weighted by atomic mass is 16.3. The average Bonchev–Trinajstić information content (AvgIpc) is 3.80. The first-order valence-electron chi connectivity index (χ1n) is 17.2. The molecule has 2 heterocycles. The Bertz CT molecular complexity index is 2800. The topological polar surface area (TPSA) is 34.2 Å². The minimum atomic E-state index is 0.622. The van der Waals surface area contributed by atoms with E-state index < -0.39 is 0 Å². The maximum atomic E-state index is 6.28. The molecule has 0 spiro atoms. The number of fused-ring (bicyclic) bond motifs is 6. The molecule has 0 N–H and O–H groups in total. The zero-order chi connectivity index (χ0) is 33.7. The number of anilines is 3.